The summed E-state index contributed by atoms with van der Waals surface area (Å²) in [5, 5.41) is 3.78. The molecule has 144 valence electrons. The first-order valence-electron chi connectivity index (χ1n) is 9.10. The molecule has 1 unspecified atom stereocenters. The van der Waals surface area contributed by atoms with E-state index in [0.717, 1.165) is 15.7 Å². The summed E-state index contributed by atoms with van der Waals surface area (Å²) in [5.74, 6) is -0.324. The second-order valence-electron chi connectivity index (χ2n) is 7.24. The van der Waals surface area contributed by atoms with E-state index >= 15 is 0 Å². The van der Waals surface area contributed by atoms with Crippen molar-refractivity contribution in [3.63, 3.8) is 0 Å². The third-order valence-corrected chi connectivity index (χ3v) is 5.93. The number of anilines is 1. The van der Waals surface area contributed by atoms with E-state index in [1.165, 1.54) is 11.6 Å². The highest BCUT2D eigenvalue weighted by Gasteiger charge is 2.42. The topological polar surface area (TPSA) is 73.1 Å². The number of rotatable bonds is 1. The number of hydrogen-bond acceptors (Lipinski definition) is 4. The lowest BCUT2D eigenvalue weighted by atomic mass is 9.81. The van der Waals surface area contributed by atoms with Crippen LogP contribution in [0.25, 0.3) is 5.70 Å². The second kappa shape index (κ2) is 6.06. The molecule has 2 heterocycles. The largest absolute Gasteiger partial charge is 0.340 e. The summed E-state index contributed by atoms with van der Waals surface area (Å²) in [4.78, 5) is 39.0. The van der Waals surface area contributed by atoms with Gasteiger partial charge in [-0.15, -0.1) is 0 Å². The highest BCUT2D eigenvalue weighted by Crippen LogP contribution is 2.47. The summed E-state index contributed by atoms with van der Waals surface area (Å²) < 4.78 is 2.48. The molecule has 1 atom stereocenters. The van der Waals surface area contributed by atoms with Crippen LogP contribution in [0.1, 0.15) is 33.0 Å². The maximum atomic E-state index is 13.3. The Morgan fingerprint density at radius 1 is 0.897 bits per heavy atom. The Hall–Kier alpha value is -3.38. The van der Waals surface area contributed by atoms with Gasteiger partial charge >= 0.3 is 5.69 Å². The van der Waals surface area contributed by atoms with Gasteiger partial charge in [0.25, 0.3) is 5.56 Å². The summed E-state index contributed by atoms with van der Waals surface area (Å²) in [6.45, 7) is 0. The Balaban J connectivity index is 1.89. The van der Waals surface area contributed by atoms with Gasteiger partial charge in [-0.2, -0.15) is 0 Å². The van der Waals surface area contributed by atoms with Crippen LogP contribution in [-0.2, 0) is 14.1 Å². The van der Waals surface area contributed by atoms with E-state index in [-0.39, 0.29) is 5.78 Å². The number of carbonyl (C=O) groups is 1. The van der Waals surface area contributed by atoms with Gasteiger partial charge in [0.2, 0.25) is 0 Å². The van der Waals surface area contributed by atoms with E-state index in [4.69, 9.17) is 11.6 Å². The van der Waals surface area contributed by atoms with Crippen LogP contribution in [0, 0.1) is 0 Å². The van der Waals surface area contributed by atoms with Gasteiger partial charge in [0, 0.05) is 41.7 Å². The highest BCUT2D eigenvalue weighted by molar-refractivity contribution is 6.30. The van der Waals surface area contributed by atoms with Crippen LogP contribution >= 0.6 is 11.6 Å². The third-order valence-electron chi connectivity index (χ3n) is 5.68. The SMILES string of the molecule is Cn1c2c(c(=O)n(C)c1=O)C(c1ccc(Cl)cc1)C1=C(N2)c2ccccc2C1=O. The predicted molar refractivity (Wildman–Crippen MR) is 112 cm³/mol. The lowest BCUT2D eigenvalue weighted by molar-refractivity contribution is 0.103. The first-order valence-corrected chi connectivity index (χ1v) is 9.48. The van der Waals surface area contributed by atoms with Crippen molar-refractivity contribution in [3.8, 4) is 0 Å². The van der Waals surface area contributed by atoms with Crippen molar-refractivity contribution in [3.05, 3.63) is 102 Å². The Morgan fingerprint density at radius 2 is 1.55 bits per heavy atom. The molecule has 1 aliphatic heterocycles. The lowest BCUT2D eigenvalue weighted by Gasteiger charge is -2.29. The molecular weight excluding hydrogens is 390 g/mol. The van der Waals surface area contributed by atoms with Gasteiger partial charge in [0.05, 0.1) is 11.3 Å². The van der Waals surface area contributed by atoms with Crippen molar-refractivity contribution < 1.29 is 4.79 Å². The predicted octanol–water partition coefficient (Wildman–Crippen LogP) is 2.90. The molecule has 0 saturated carbocycles. The smallest absolute Gasteiger partial charge is 0.332 e. The molecule has 2 aliphatic rings. The molecule has 7 heteroatoms. The molecule has 1 N–H and O–H groups in total. The zero-order valence-corrected chi connectivity index (χ0v) is 16.4. The number of carbonyl (C=O) groups excluding carboxylic acids is 1. The standard InChI is InChI=1S/C22H16ClN3O3/c1-25-20-17(21(28)26(2)22(25)29)15(11-7-9-12(23)10-8-11)16-18(24-20)13-5-3-4-6-14(13)19(16)27/h3-10,15,24H,1-2H3. The second-order valence-corrected chi connectivity index (χ2v) is 7.68. The number of hydrogen-bond donors (Lipinski definition) is 1. The molecule has 1 aromatic heterocycles. The summed E-state index contributed by atoms with van der Waals surface area (Å²) in [7, 11) is 3.06. The van der Waals surface area contributed by atoms with Gasteiger partial charge in [-0.25, -0.2) is 4.79 Å². The van der Waals surface area contributed by atoms with Crippen LogP contribution in [0.3, 0.4) is 0 Å². The average Bonchev–Trinajstić information content (AvgIpc) is 3.02. The van der Waals surface area contributed by atoms with Gasteiger partial charge in [-0.1, -0.05) is 48.0 Å². The average molecular weight is 406 g/mol. The Labute approximate surface area is 170 Å². The maximum absolute atomic E-state index is 13.3. The molecule has 0 radical (unpaired) electrons. The normalized spacial score (nSPS) is 16.9. The molecule has 5 rings (SSSR count). The molecule has 2 aromatic carbocycles. The fraction of sp³-hybridized carbons (Fsp3) is 0.136. The van der Waals surface area contributed by atoms with Crippen molar-refractivity contribution in [1.82, 2.24) is 9.13 Å². The number of ketones is 1. The van der Waals surface area contributed by atoms with Crippen molar-refractivity contribution in [2.75, 3.05) is 5.32 Å². The Kier molecular flexibility index (Phi) is 3.70. The van der Waals surface area contributed by atoms with Crippen LogP contribution in [-0.4, -0.2) is 14.9 Å². The summed E-state index contributed by atoms with van der Waals surface area (Å²) >= 11 is 6.06. The van der Waals surface area contributed by atoms with Crippen molar-refractivity contribution in [1.29, 1.82) is 0 Å². The quantitative estimate of drug-likeness (QED) is 0.675. The molecule has 0 bridgehead atoms. The number of nitrogens with one attached hydrogen (secondary N) is 1. The minimum absolute atomic E-state index is 0.121. The molecule has 0 fully saturated rings. The van der Waals surface area contributed by atoms with Crippen LogP contribution in [0.2, 0.25) is 5.02 Å². The number of nitrogens with zero attached hydrogens (tertiary/aromatic N) is 2. The van der Waals surface area contributed by atoms with E-state index in [1.54, 1.807) is 25.2 Å². The minimum Gasteiger partial charge on any atom is -0.340 e. The summed E-state index contributed by atoms with van der Waals surface area (Å²) in [6, 6.07) is 14.4. The van der Waals surface area contributed by atoms with Gasteiger partial charge in [-0.05, 0) is 17.7 Å². The van der Waals surface area contributed by atoms with Crippen molar-refractivity contribution in [2.24, 2.45) is 14.1 Å². The fourth-order valence-corrected chi connectivity index (χ4v) is 4.37. The lowest BCUT2D eigenvalue weighted by Crippen LogP contribution is -2.42. The molecule has 0 spiro atoms. The number of fused-ring (bicyclic) bond motifs is 3. The Bertz CT molecular complexity index is 1360. The van der Waals surface area contributed by atoms with E-state index in [9.17, 15) is 14.4 Å². The van der Waals surface area contributed by atoms with Crippen molar-refractivity contribution >= 4 is 28.9 Å². The zero-order valence-electron chi connectivity index (χ0n) is 15.7. The first kappa shape index (κ1) is 17.7. The maximum Gasteiger partial charge on any atom is 0.332 e. The van der Waals surface area contributed by atoms with Crippen LogP contribution in [0.5, 0.6) is 0 Å². The molecule has 0 amide bonds. The molecule has 3 aromatic rings. The summed E-state index contributed by atoms with van der Waals surface area (Å²) in [5.41, 5.74) is 2.78. The van der Waals surface area contributed by atoms with Crippen molar-refractivity contribution in [2.45, 2.75) is 5.92 Å². The minimum atomic E-state index is -0.607. The molecule has 6 nitrogen and oxygen atoms in total. The Morgan fingerprint density at radius 3 is 2.24 bits per heavy atom. The molecule has 0 saturated heterocycles. The van der Waals surface area contributed by atoms with E-state index in [1.807, 2.05) is 30.3 Å². The molecular formula is C22H16ClN3O3. The monoisotopic (exact) mass is 405 g/mol. The highest BCUT2D eigenvalue weighted by atomic mass is 35.5. The third kappa shape index (κ3) is 2.32. The number of Topliss-reactive ketones (excluding diaryl/α,β-unsaturated/α-hetero) is 1. The van der Waals surface area contributed by atoms with Gasteiger partial charge in [0.1, 0.15) is 5.82 Å². The molecule has 29 heavy (non-hydrogen) atoms. The number of aromatic nitrogens is 2. The first-order chi connectivity index (χ1) is 13.9. The zero-order chi connectivity index (χ0) is 20.4. The fourth-order valence-electron chi connectivity index (χ4n) is 4.25. The number of halogens is 1. The summed E-state index contributed by atoms with van der Waals surface area (Å²) in [6.07, 6.45) is 0. The van der Waals surface area contributed by atoms with E-state index in [2.05, 4.69) is 5.32 Å². The number of benzene rings is 2. The van der Waals surface area contributed by atoms with Gasteiger partial charge in [0.15, 0.2) is 5.78 Å². The number of allylic oxidation sites excluding steroid dienone is 1. The van der Waals surface area contributed by atoms with Crippen LogP contribution in [0.4, 0.5) is 5.82 Å². The van der Waals surface area contributed by atoms with Crippen LogP contribution in [0.15, 0.2) is 63.7 Å². The van der Waals surface area contributed by atoms with Crippen LogP contribution < -0.4 is 16.6 Å². The van der Waals surface area contributed by atoms with Gasteiger partial charge < -0.3 is 5.32 Å². The molecule has 1 aliphatic carbocycles. The van der Waals surface area contributed by atoms with Gasteiger partial charge in [-0.3, -0.25) is 18.7 Å². The van der Waals surface area contributed by atoms with E-state index < -0.39 is 17.2 Å². The van der Waals surface area contributed by atoms with E-state index in [0.29, 0.717) is 33.2 Å².